The van der Waals surface area contributed by atoms with E-state index in [4.69, 9.17) is 4.74 Å². The van der Waals surface area contributed by atoms with Crippen molar-refractivity contribution in [3.05, 3.63) is 70.2 Å². The van der Waals surface area contributed by atoms with E-state index >= 15 is 0 Å². The Morgan fingerprint density at radius 3 is 2.79 bits per heavy atom. The number of tetrazole rings is 1. The maximum Gasteiger partial charge on any atom is 0.274 e. The van der Waals surface area contributed by atoms with Crippen LogP contribution in [0.5, 0.6) is 11.5 Å². The third-order valence-corrected chi connectivity index (χ3v) is 6.92. The number of nitrogens with one attached hydrogen (secondary N) is 1. The molecule has 2 aromatic carbocycles. The van der Waals surface area contributed by atoms with E-state index in [-0.39, 0.29) is 18.0 Å². The van der Waals surface area contributed by atoms with Gasteiger partial charge in [0.2, 0.25) is 0 Å². The van der Waals surface area contributed by atoms with Crippen LogP contribution < -0.4 is 10.1 Å². The second-order valence-corrected chi connectivity index (χ2v) is 8.99. The van der Waals surface area contributed by atoms with Crippen molar-refractivity contribution >= 4 is 53.3 Å². The summed E-state index contributed by atoms with van der Waals surface area (Å²) in [5.74, 6) is 0.564. The fourth-order valence-electron chi connectivity index (χ4n) is 3.51. The predicted molar refractivity (Wildman–Crippen MR) is 128 cm³/mol. The fraction of sp³-hybridized carbons (Fsp3) is 0.136. The van der Waals surface area contributed by atoms with Crippen LogP contribution in [-0.2, 0) is 13.1 Å². The molecule has 166 valence electrons. The normalized spacial score (nSPS) is 11.2. The van der Waals surface area contributed by atoms with Crippen molar-refractivity contribution in [3.63, 3.8) is 0 Å². The number of thiophene rings is 1. The second kappa shape index (κ2) is 8.75. The Kier molecular flexibility index (Phi) is 5.65. The van der Waals surface area contributed by atoms with E-state index in [9.17, 15) is 9.90 Å². The van der Waals surface area contributed by atoms with Crippen molar-refractivity contribution in [2.24, 2.45) is 0 Å². The zero-order valence-corrected chi connectivity index (χ0v) is 19.7. The number of carbonyl (C=O) groups excluding carboxylic acids is 1. The van der Waals surface area contributed by atoms with E-state index in [1.54, 1.807) is 11.8 Å². The van der Waals surface area contributed by atoms with Gasteiger partial charge in [0, 0.05) is 15.5 Å². The van der Waals surface area contributed by atoms with Crippen LogP contribution in [0.15, 0.2) is 53.1 Å². The Bertz CT molecular complexity index is 1480. The lowest BCUT2D eigenvalue weighted by Crippen LogP contribution is -2.26. The molecule has 0 radical (unpaired) electrons. The quantitative estimate of drug-likeness (QED) is 0.323. The van der Waals surface area contributed by atoms with Gasteiger partial charge in [-0.25, -0.2) is 9.67 Å². The number of amides is 1. The first-order chi connectivity index (χ1) is 16.0. The Labute approximate surface area is 200 Å². The number of benzene rings is 2. The van der Waals surface area contributed by atoms with Crippen molar-refractivity contribution in [1.29, 1.82) is 0 Å². The molecule has 11 heteroatoms. The van der Waals surface area contributed by atoms with Gasteiger partial charge in [-0.3, -0.25) is 4.79 Å². The topological polar surface area (TPSA) is 115 Å². The summed E-state index contributed by atoms with van der Waals surface area (Å²) in [5, 5.41) is 27.0. The summed E-state index contributed by atoms with van der Waals surface area (Å²) in [6, 6.07) is 15.3. The van der Waals surface area contributed by atoms with Gasteiger partial charge >= 0.3 is 0 Å². The van der Waals surface area contributed by atoms with Gasteiger partial charge in [-0.15, -0.1) is 16.4 Å². The summed E-state index contributed by atoms with van der Waals surface area (Å²) in [7, 11) is 1.61. The fourth-order valence-corrected chi connectivity index (χ4v) is 5.38. The molecule has 3 heterocycles. The number of halogens is 1. The molecule has 0 unspecified atom stereocenters. The molecule has 1 amide bonds. The highest BCUT2D eigenvalue weighted by molar-refractivity contribution is 9.10. The number of ether oxygens (including phenoxy) is 1. The molecule has 9 nitrogen and oxygen atoms in total. The first-order valence-corrected chi connectivity index (χ1v) is 11.5. The molecule has 2 N–H and O–H groups in total. The molecule has 3 aromatic heterocycles. The third-order valence-electron chi connectivity index (χ3n) is 5.17. The summed E-state index contributed by atoms with van der Waals surface area (Å²) in [5.41, 5.74) is 0.921. The largest absolute Gasteiger partial charge is 0.504 e. The van der Waals surface area contributed by atoms with Gasteiger partial charge in [0.25, 0.3) is 5.91 Å². The molecule has 0 saturated heterocycles. The number of carbonyl (C=O) groups is 1. The molecule has 0 spiro atoms. The van der Waals surface area contributed by atoms with Crippen molar-refractivity contribution in [1.82, 2.24) is 30.5 Å². The molecule has 5 rings (SSSR count). The maximum absolute atomic E-state index is 12.9. The number of methoxy groups -OCH3 is 1. The number of aromatic nitrogens is 5. The van der Waals surface area contributed by atoms with E-state index in [1.807, 2.05) is 48.5 Å². The van der Waals surface area contributed by atoms with Crippen molar-refractivity contribution in [2.45, 2.75) is 13.1 Å². The van der Waals surface area contributed by atoms with E-state index < -0.39 is 5.91 Å². The average molecular weight is 525 g/mol. The van der Waals surface area contributed by atoms with Crippen LogP contribution in [0.4, 0.5) is 0 Å². The smallest absolute Gasteiger partial charge is 0.274 e. The lowest BCUT2D eigenvalue weighted by atomic mass is 10.2. The zero-order chi connectivity index (χ0) is 22.9. The summed E-state index contributed by atoms with van der Waals surface area (Å²) < 4.78 is 8.88. The van der Waals surface area contributed by atoms with Gasteiger partial charge in [0.05, 0.1) is 24.9 Å². The van der Waals surface area contributed by atoms with Crippen LogP contribution in [0.2, 0.25) is 0 Å². The van der Waals surface area contributed by atoms with Crippen LogP contribution in [0.3, 0.4) is 0 Å². The van der Waals surface area contributed by atoms with E-state index in [0.29, 0.717) is 21.7 Å². The van der Waals surface area contributed by atoms with Crippen LogP contribution >= 0.6 is 27.3 Å². The minimum Gasteiger partial charge on any atom is -0.504 e. The van der Waals surface area contributed by atoms with Gasteiger partial charge in [-0.1, -0.05) is 30.3 Å². The maximum atomic E-state index is 12.9. The molecule has 5 aromatic rings. The standard InChI is InChI=1S/C22H17BrN6O3S/c1-32-13-8-6-12(7-9-13)11-29-16(26-27-28-29)10-24-22(31)18-19(30)20-17(21(23)25-18)14-4-2-3-5-15(14)33-20/h2-9,30H,10-11H2,1H3,(H,24,31). The van der Waals surface area contributed by atoms with E-state index in [0.717, 1.165) is 26.8 Å². The third kappa shape index (κ3) is 4.00. The van der Waals surface area contributed by atoms with E-state index in [1.165, 1.54) is 11.3 Å². The predicted octanol–water partition coefficient (Wildman–Crippen LogP) is 3.89. The Balaban J connectivity index is 1.36. The lowest BCUT2D eigenvalue weighted by molar-refractivity contribution is 0.0941. The molecule has 0 fully saturated rings. The molecule has 0 atom stereocenters. The number of pyridine rings is 1. The number of aromatic hydroxyl groups is 1. The first-order valence-electron chi connectivity index (χ1n) is 9.91. The minimum absolute atomic E-state index is 0.0601. The molecule has 0 aliphatic rings. The number of nitrogens with zero attached hydrogens (tertiary/aromatic N) is 5. The summed E-state index contributed by atoms with van der Waals surface area (Å²) >= 11 is 4.87. The van der Waals surface area contributed by atoms with Gasteiger partial charge in [0.15, 0.2) is 17.3 Å². The van der Waals surface area contributed by atoms with Crippen LogP contribution in [0.25, 0.3) is 20.2 Å². The SMILES string of the molecule is COc1ccc(Cn2nnnc2CNC(=O)c2nc(Br)c3c(sc4ccccc43)c2O)cc1. The lowest BCUT2D eigenvalue weighted by Gasteiger charge is -2.09. The average Bonchev–Trinajstić information content (AvgIpc) is 3.45. The molecule has 0 saturated carbocycles. The molecule has 33 heavy (non-hydrogen) atoms. The van der Waals surface area contributed by atoms with Crippen LogP contribution in [-0.4, -0.2) is 43.3 Å². The Morgan fingerprint density at radius 2 is 2.00 bits per heavy atom. The van der Waals surface area contributed by atoms with Crippen molar-refractivity contribution < 1.29 is 14.6 Å². The van der Waals surface area contributed by atoms with Crippen molar-refractivity contribution in [2.75, 3.05) is 7.11 Å². The monoisotopic (exact) mass is 524 g/mol. The Morgan fingerprint density at radius 1 is 1.21 bits per heavy atom. The number of hydrogen-bond donors (Lipinski definition) is 2. The molecular formula is C22H17BrN6O3S. The van der Waals surface area contributed by atoms with Crippen LogP contribution in [0.1, 0.15) is 21.9 Å². The zero-order valence-electron chi connectivity index (χ0n) is 17.3. The van der Waals surface area contributed by atoms with Gasteiger partial charge in [-0.05, 0) is 50.1 Å². The summed E-state index contributed by atoms with van der Waals surface area (Å²) in [6.45, 7) is 0.510. The van der Waals surface area contributed by atoms with Crippen molar-refractivity contribution in [3.8, 4) is 11.5 Å². The molecule has 0 aliphatic carbocycles. The number of fused-ring (bicyclic) bond motifs is 3. The van der Waals surface area contributed by atoms with Gasteiger partial charge < -0.3 is 15.2 Å². The highest BCUT2D eigenvalue weighted by Gasteiger charge is 2.22. The Hall–Kier alpha value is -3.57. The summed E-state index contributed by atoms with van der Waals surface area (Å²) in [4.78, 5) is 17.2. The molecular weight excluding hydrogens is 508 g/mol. The first kappa shape index (κ1) is 21.3. The van der Waals surface area contributed by atoms with E-state index in [2.05, 4.69) is 41.8 Å². The molecule has 0 bridgehead atoms. The number of rotatable bonds is 6. The highest BCUT2D eigenvalue weighted by atomic mass is 79.9. The van der Waals surface area contributed by atoms with Gasteiger partial charge in [-0.2, -0.15) is 0 Å². The van der Waals surface area contributed by atoms with Gasteiger partial charge in [0.1, 0.15) is 10.4 Å². The van der Waals surface area contributed by atoms with Crippen LogP contribution in [0, 0.1) is 0 Å². The second-order valence-electron chi connectivity index (χ2n) is 7.19. The number of hydrogen-bond acceptors (Lipinski definition) is 8. The summed E-state index contributed by atoms with van der Waals surface area (Å²) in [6.07, 6.45) is 0. The minimum atomic E-state index is -0.522. The highest BCUT2D eigenvalue weighted by Crippen LogP contribution is 2.42. The molecule has 0 aliphatic heterocycles.